The first-order valence-corrected chi connectivity index (χ1v) is 5.94. The lowest BCUT2D eigenvalue weighted by atomic mass is 10.2. The van der Waals surface area contributed by atoms with Crippen LogP contribution < -0.4 is 0 Å². The molecule has 1 aromatic rings. The molecule has 0 unspecified atom stereocenters. The minimum Gasteiger partial charge on any atom is -0.459 e. The van der Waals surface area contributed by atoms with Gasteiger partial charge in [-0.3, -0.25) is 4.79 Å². The zero-order valence-corrected chi connectivity index (χ0v) is 10.2. The molecule has 16 heavy (non-hydrogen) atoms. The second-order valence-corrected chi connectivity index (χ2v) is 5.02. The molecule has 0 aromatic carbocycles. The van der Waals surface area contributed by atoms with Crippen molar-refractivity contribution >= 4 is 5.91 Å². The molecule has 0 spiro atoms. The minimum atomic E-state index is 0.0544. The van der Waals surface area contributed by atoms with E-state index >= 15 is 0 Å². The van der Waals surface area contributed by atoms with Crippen molar-refractivity contribution in [1.82, 2.24) is 4.90 Å². The number of furan rings is 1. The normalized spacial score (nSPS) is 15.5. The molecule has 0 N–H and O–H groups in total. The molecule has 0 radical (unpaired) electrons. The summed E-state index contributed by atoms with van der Waals surface area (Å²) >= 11 is 0. The SMILES string of the molecule is Cc1ccoc1C(=O)N(CC(C)C)C1CC1. The second-order valence-electron chi connectivity index (χ2n) is 5.02. The highest BCUT2D eigenvalue weighted by atomic mass is 16.3. The van der Waals surface area contributed by atoms with Crippen molar-refractivity contribution in [3.05, 3.63) is 23.7 Å². The second kappa shape index (κ2) is 4.32. The molecule has 0 aliphatic heterocycles. The molecule has 1 saturated carbocycles. The van der Waals surface area contributed by atoms with Crippen molar-refractivity contribution in [3.63, 3.8) is 0 Å². The smallest absolute Gasteiger partial charge is 0.290 e. The number of amides is 1. The standard InChI is InChI=1S/C13H19NO2/c1-9(2)8-14(11-4-5-11)13(15)12-10(3)6-7-16-12/h6-7,9,11H,4-5,8H2,1-3H3. The van der Waals surface area contributed by atoms with E-state index in [9.17, 15) is 4.79 Å². The van der Waals surface area contributed by atoms with Gasteiger partial charge in [0.25, 0.3) is 5.91 Å². The average molecular weight is 221 g/mol. The van der Waals surface area contributed by atoms with Gasteiger partial charge >= 0.3 is 0 Å². The third kappa shape index (κ3) is 2.29. The molecule has 1 aliphatic carbocycles. The fourth-order valence-corrected chi connectivity index (χ4v) is 1.90. The molecule has 1 fully saturated rings. The predicted molar refractivity (Wildman–Crippen MR) is 62.3 cm³/mol. The monoisotopic (exact) mass is 221 g/mol. The van der Waals surface area contributed by atoms with Crippen molar-refractivity contribution in [2.45, 2.75) is 39.7 Å². The Labute approximate surface area is 96.4 Å². The van der Waals surface area contributed by atoms with Crippen molar-refractivity contribution < 1.29 is 9.21 Å². The molecule has 1 aliphatic rings. The van der Waals surface area contributed by atoms with Crippen LogP contribution in [0.3, 0.4) is 0 Å². The Kier molecular flexibility index (Phi) is 3.03. The Balaban J connectivity index is 2.14. The maximum atomic E-state index is 12.3. The Hall–Kier alpha value is -1.25. The molecular formula is C13H19NO2. The minimum absolute atomic E-state index is 0.0544. The van der Waals surface area contributed by atoms with Gasteiger partial charge in [-0.15, -0.1) is 0 Å². The molecule has 88 valence electrons. The van der Waals surface area contributed by atoms with Crippen LogP contribution in [0.2, 0.25) is 0 Å². The zero-order chi connectivity index (χ0) is 11.7. The maximum absolute atomic E-state index is 12.3. The largest absolute Gasteiger partial charge is 0.459 e. The van der Waals surface area contributed by atoms with Gasteiger partial charge in [-0.2, -0.15) is 0 Å². The van der Waals surface area contributed by atoms with E-state index < -0.39 is 0 Å². The van der Waals surface area contributed by atoms with Gasteiger partial charge in [0.1, 0.15) is 0 Å². The van der Waals surface area contributed by atoms with Crippen molar-refractivity contribution in [2.24, 2.45) is 5.92 Å². The Morgan fingerprint density at radius 1 is 1.56 bits per heavy atom. The first-order chi connectivity index (χ1) is 7.59. The molecule has 3 nitrogen and oxygen atoms in total. The van der Waals surface area contributed by atoms with Crippen molar-refractivity contribution in [3.8, 4) is 0 Å². The topological polar surface area (TPSA) is 33.5 Å². The third-order valence-electron chi connectivity index (χ3n) is 2.87. The number of hydrogen-bond acceptors (Lipinski definition) is 2. The molecule has 1 aromatic heterocycles. The lowest BCUT2D eigenvalue weighted by Gasteiger charge is -2.23. The van der Waals surface area contributed by atoms with E-state index in [2.05, 4.69) is 13.8 Å². The number of aryl methyl sites for hydroxylation is 1. The Bertz CT molecular complexity index is 377. The number of carbonyl (C=O) groups is 1. The van der Waals surface area contributed by atoms with E-state index in [4.69, 9.17) is 4.42 Å². The Morgan fingerprint density at radius 3 is 2.69 bits per heavy atom. The summed E-state index contributed by atoms with van der Waals surface area (Å²) in [5.74, 6) is 1.06. The van der Waals surface area contributed by atoms with Crippen LogP contribution in [-0.2, 0) is 0 Å². The van der Waals surface area contributed by atoms with E-state index in [-0.39, 0.29) is 5.91 Å². The molecule has 1 amide bonds. The molecule has 1 heterocycles. The highest BCUT2D eigenvalue weighted by molar-refractivity contribution is 5.93. The fraction of sp³-hybridized carbons (Fsp3) is 0.615. The first-order valence-electron chi connectivity index (χ1n) is 5.94. The van der Waals surface area contributed by atoms with Crippen LogP contribution in [0.4, 0.5) is 0 Å². The summed E-state index contributed by atoms with van der Waals surface area (Å²) in [6.45, 7) is 7.01. The van der Waals surface area contributed by atoms with Crippen LogP contribution in [0.5, 0.6) is 0 Å². The van der Waals surface area contributed by atoms with Gasteiger partial charge in [-0.1, -0.05) is 13.8 Å². The van der Waals surface area contributed by atoms with Crippen LogP contribution in [0.25, 0.3) is 0 Å². The van der Waals surface area contributed by atoms with Gasteiger partial charge in [0.15, 0.2) is 5.76 Å². The van der Waals surface area contributed by atoms with E-state index in [0.717, 1.165) is 24.9 Å². The van der Waals surface area contributed by atoms with Crippen molar-refractivity contribution in [1.29, 1.82) is 0 Å². The summed E-state index contributed by atoms with van der Waals surface area (Å²) in [6.07, 6.45) is 3.86. The number of carbonyl (C=O) groups excluding carboxylic acids is 1. The van der Waals surface area contributed by atoms with Gasteiger partial charge in [-0.05, 0) is 31.7 Å². The lowest BCUT2D eigenvalue weighted by molar-refractivity contribution is 0.0689. The summed E-state index contributed by atoms with van der Waals surface area (Å²) in [4.78, 5) is 14.2. The highest BCUT2D eigenvalue weighted by Gasteiger charge is 2.34. The van der Waals surface area contributed by atoms with Gasteiger partial charge in [0.2, 0.25) is 0 Å². The van der Waals surface area contributed by atoms with Gasteiger partial charge < -0.3 is 9.32 Å². The quantitative estimate of drug-likeness (QED) is 0.783. The van der Waals surface area contributed by atoms with Crippen LogP contribution in [0.15, 0.2) is 16.7 Å². The Morgan fingerprint density at radius 2 is 2.25 bits per heavy atom. The molecule has 0 saturated heterocycles. The average Bonchev–Trinajstić information content (AvgIpc) is 2.97. The number of hydrogen-bond donors (Lipinski definition) is 0. The van der Waals surface area contributed by atoms with Crippen LogP contribution in [-0.4, -0.2) is 23.4 Å². The number of nitrogens with zero attached hydrogens (tertiary/aromatic N) is 1. The van der Waals surface area contributed by atoms with Crippen LogP contribution in [0.1, 0.15) is 42.8 Å². The lowest BCUT2D eigenvalue weighted by Crippen LogP contribution is -2.36. The van der Waals surface area contributed by atoms with E-state index in [1.807, 2.05) is 17.9 Å². The van der Waals surface area contributed by atoms with Gasteiger partial charge in [0.05, 0.1) is 6.26 Å². The summed E-state index contributed by atoms with van der Waals surface area (Å²) in [5, 5.41) is 0. The summed E-state index contributed by atoms with van der Waals surface area (Å²) in [5.41, 5.74) is 0.930. The van der Waals surface area contributed by atoms with Crippen LogP contribution in [0, 0.1) is 12.8 Å². The molecule has 0 bridgehead atoms. The van der Waals surface area contributed by atoms with E-state index in [1.54, 1.807) is 6.26 Å². The molecule has 0 atom stereocenters. The predicted octanol–water partition coefficient (Wildman–Crippen LogP) is 2.85. The highest BCUT2D eigenvalue weighted by Crippen LogP contribution is 2.29. The molecule has 3 heteroatoms. The molecule has 2 rings (SSSR count). The van der Waals surface area contributed by atoms with Gasteiger partial charge in [0, 0.05) is 18.2 Å². The van der Waals surface area contributed by atoms with Gasteiger partial charge in [-0.25, -0.2) is 0 Å². The summed E-state index contributed by atoms with van der Waals surface area (Å²) in [6, 6.07) is 2.28. The third-order valence-corrected chi connectivity index (χ3v) is 2.87. The first kappa shape index (κ1) is 11.2. The molecular weight excluding hydrogens is 202 g/mol. The summed E-state index contributed by atoms with van der Waals surface area (Å²) < 4.78 is 5.28. The fourth-order valence-electron chi connectivity index (χ4n) is 1.90. The van der Waals surface area contributed by atoms with Crippen LogP contribution >= 0.6 is 0 Å². The van der Waals surface area contributed by atoms with Crippen molar-refractivity contribution in [2.75, 3.05) is 6.54 Å². The van der Waals surface area contributed by atoms with E-state index in [0.29, 0.717) is 17.7 Å². The zero-order valence-electron chi connectivity index (χ0n) is 10.2. The maximum Gasteiger partial charge on any atom is 0.290 e. The number of rotatable bonds is 4. The summed E-state index contributed by atoms with van der Waals surface area (Å²) in [7, 11) is 0. The van der Waals surface area contributed by atoms with E-state index in [1.165, 1.54) is 0 Å².